The lowest BCUT2D eigenvalue weighted by Crippen LogP contribution is -2.41. The molecule has 2 heteroatoms. The van der Waals surface area contributed by atoms with Crippen molar-refractivity contribution in [2.75, 3.05) is 6.54 Å². The monoisotopic (exact) mass is 185 g/mol. The van der Waals surface area contributed by atoms with Crippen LogP contribution in [0, 0.1) is 0 Å². The minimum Gasteiger partial charge on any atom is -0.375 e. The van der Waals surface area contributed by atoms with Gasteiger partial charge in [-0.1, -0.05) is 13.3 Å². The number of ether oxygens (including phenoxy) is 1. The molecule has 2 atom stereocenters. The molecule has 0 spiro atoms. The Morgan fingerprint density at radius 3 is 2.38 bits per heavy atom. The summed E-state index contributed by atoms with van der Waals surface area (Å²) in [5.41, 5.74) is 0. The molecule has 1 aliphatic heterocycles. The third-order valence-electron chi connectivity index (χ3n) is 2.66. The molecule has 0 aromatic carbocycles. The van der Waals surface area contributed by atoms with Gasteiger partial charge in [0.2, 0.25) is 0 Å². The normalized spacial score (nSPS) is 34.8. The van der Waals surface area contributed by atoms with Crippen LogP contribution in [0.5, 0.6) is 0 Å². The van der Waals surface area contributed by atoms with Crippen molar-refractivity contribution in [2.45, 2.75) is 64.7 Å². The zero-order valence-corrected chi connectivity index (χ0v) is 9.18. The van der Waals surface area contributed by atoms with Gasteiger partial charge < -0.3 is 10.1 Å². The standard InChI is InChI=1S/C11H23NO/c1-4-5-6-12-11-7-9(2)13-10(3)8-11/h9-12H,4-8H2,1-3H3. The zero-order valence-electron chi connectivity index (χ0n) is 9.18. The summed E-state index contributed by atoms with van der Waals surface area (Å²) < 4.78 is 5.68. The molecule has 0 aromatic rings. The van der Waals surface area contributed by atoms with Gasteiger partial charge in [-0.25, -0.2) is 0 Å². The quantitative estimate of drug-likeness (QED) is 0.679. The van der Waals surface area contributed by atoms with Crippen molar-refractivity contribution >= 4 is 0 Å². The minimum absolute atomic E-state index is 0.433. The SMILES string of the molecule is CCCCNC1CC(C)OC(C)C1. The molecule has 1 N–H and O–H groups in total. The summed E-state index contributed by atoms with van der Waals surface area (Å²) in [6.07, 6.45) is 5.79. The molecule has 1 aliphatic rings. The van der Waals surface area contributed by atoms with E-state index >= 15 is 0 Å². The van der Waals surface area contributed by atoms with E-state index in [-0.39, 0.29) is 0 Å². The molecule has 2 unspecified atom stereocenters. The Hall–Kier alpha value is -0.0800. The molecule has 0 saturated carbocycles. The average Bonchev–Trinajstić information content (AvgIpc) is 2.03. The van der Waals surface area contributed by atoms with Gasteiger partial charge in [0.1, 0.15) is 0 Å². The van der Waals surface area contributed by atoms with Crippen molar-refractivity contribution in [3.05, 3.63) is 0 Å². The summed E-state index contributed by atoms with van der Waals surface area (Å²) in [6, 6.07) is 0.685. The highest BCUT2D eigenvalue weighted by Crippen LogP contribution is 2.18. The average molecular weight is 185 g/mol. The molecule has 13 heavy (non-hydrogen) atoms. The van der Waals surface area contributed by atoms with Gasteiger partial charge in [0, 0.05) is 6.04 Å². The first-order chi connectivity index (χ1) is 6.22. The van der Waals surface area contributed by atoms with Crippen molar-refractivity contribution in [1.29, 1.82) is 0 Å². The van der Waals surface area contributed by atoms with Crippen LogP contribution < -0.4 is 5.32 Å². The molecule has 0 radical (unpaired) electrons. The summed E-state index contributed by atoms with van der Waals surface area (Å²) in [5.74, 6) is 0. The Morgan fingerprint density at radius 1 is 1.23 bits per heavy atom. The summed E-state index contributed by atoms with van der Waals surface area (Å²) in [4.78, 5) is 0. The zero-order chi connectivity index (χ0) is 9.68. The summed E-state index contributed by atoms with van der Waals surface area (Å²) >= 11 is 0. The molecule has 1 heterocycles. The molecule has 1 saturated heterocycles. The second-order valence-corrected chi connectivity index (χ2v) is 4.23. The van der Waals surface area contributed by atoms with Gasteiger partial charge in [-0.15, -0.1) is 0 Å². The fourth-order valence-corrected chi connectivity index (χ4v) is 2.05. The molecule has 1 fully saturated rings. The Kier molecular flexibility index (Phi) is 4.74. The number of nitrogens with one attached hydrogen (secondary N) is 1. The Morgan fingerprint density at radius 2 is 1.85 bits per heavy atom. The van der Waals surface area contributed by atoms with Crippen LogP contribution in [0.25, 0.3) is 0 Å². The van der Waals surface area contributed by atoms with Crippen LogP contribution in [-0.2, 0) is 4.74 Å². The van der Waals surface area contributed by atoms with E-state index in [1.165, 1.54) is 32.2 Å². The number of rotatable bonds is 4. The highest BCUT2D eigenvalue weighted by atomic mass is 16.5. The van der Waals surface area contributed by atoms with E-state index in [0.29, 0.717) is 18.2 Å². The molecule has 0 bridgehead atoms. The van der Waals surface area contributed by atoms with Crippen molar-refractivity contribution in [3.63, 3.8) is 0 Å². The van der Waals surface area contributed by atoms with Crippen molar-refractivity contribution in [3.8, 4) is 0 Å². The molecule has 0 amide bonds. The topological polar surface area (TPSA) is 21.3 Å². The highest BCUT2D eigenvalue weighted by molar-refractivity contribution is 4.78. The number of hydrogen-bond donors (Lipinski definition) is 1. The van der Waals surface area contributed by atoms with Crippen LogP contribution in [0.4, 0.5) is 0 Å². The summed E-state index contributed by atoms with van der Waals surface area (Å²) in [6.45, 7) is 7.74. The van der Waals surface area contributed by atoms with E-state index in [0.717, 1.165) is 0 Å². The number of hydrogen-bond acceptors (Lipinski definition) is 2. The van der Waals surface area contributed by atoms with Crippen molar-refractivity contribution in [2.24, 2.45) is 0 Å². The van der Waals surface area contributed by atoms with Crippen LogP contribution in [0.3, 0.4) is 0 Å². The van der Waals surface area contributed by atoms with Gasteiger partial charge in [-0.2, -0.15) is 0 Å². The van der Waals surface area contributed by atoms with Gasteiger partial charge in [-0.3, -0.25) is 0 Å². The number of unbranched alkanes of at least 4 members (excludes halogenated alkanes) is 1. The minimum atomic E-state index is 0.433. The van der Waals surface area contributed by atoms with Gasteiger partial charge in [-0.05, 0) is 39.7 Å². The first-order valence-corrected chi connectivity index (χ1v) is 5.61. The van der Waals surface area contributed by atoms with Crippen LogP contribution in [-0.4, -0.2) is 24.8 Å². The van der Waals surface area contributed by atoms with Gasteiger partial charge in [0.25, 0.3) is 0 Å². The second kappa shape index (κ2) is 5.61. The van der Waals surface area contributed by atoms with E-state index in [1.807, 2.05) is 0 Å². The first-order valence-electron chi connectivity index (χ1n) is 5.61. The fourth-order valence-electron chi connectivity index (χ4n) is 2.05. The van der Waals surface area contributed by atoms with E-state index in [4.69, 9.17) is 4.74 Å². The van der Waals surface area contributed by atoms with Crippen molar-refractivity contribution < 1.29 is 4.74 Å². The van der Waals surface area contributed by atoms with E-state index in [2.05, 4.69) is 26.1 Å². The van der Waals surface area contributed by atoms with Gasteiger partial charge >= 0.3 is 0 Å². The lowest BCUT2D eigenvalue weighted by Gasteiger charge is -2.32. The largest absolute Gasteiger partial charge is 0.375 e. The smallest absolute Gasteiger partial charge is 0.0565 e. The lowest BCUT2D eigenvalue weighted by molar-refractivity contribution is -0.0419. The summed E-state index contributed by atoms with van der Waals surface area (Å²) in [7, 11) is 0. The first kappa shape index (κ1) is 11.0. The van der Waals surface area contributed by atoms with Crippen LogP contribution in [0.1, 0.15) is 46.5 Å². The molecule has 1 rings (SSSR count). The maximum absolute atomic E-state index is 5.68. The Labute approximate surface area is 82.0 Å². The Balaban J connectivity index is 2.17. The molecule has 0 aromatic heterocycles. The second-order valence-electron chi connectivity index (χ2n) is 4.23. The predicted octanol–water partition coefficient (Wildman–Crippen LogP) is 2.33. The van der Waals surface area contributed by atoms with Crippen molar-refractivity contribution in [1.82, 2.24) is 5.32 Å². The van der Waals surface area contributed by atoms with Gasteiger partial charge in [0.15, 0.2) is 0 Å². The predicted molar refractivity (Wildman–Crippen MR) is 55.9 cm³/mol. The Bertz CT molecular complexity index is 128. The van der Waals surface area contributed by atoms with E-state index in [9.17, 15) is 0 Å². The molecule has 2 nitrogen and oxygen atoms in total. The highest BCUT2D eigenvalue weighted by Gasteiger charge is 2.23. The van der Waals surface area contributed by atoms with Gasteiger partial charge in [0.05, 0.1) is 12.2 Å². The maximum Gasteiger partial charge on any atom is 0.0565 e. The van der Waals surface area contributed by atoms with E-state index < -0.39 is 0 Å². The van der Waals surface area contributed by atoms with Crippen LogP contribution in [0.15, 0.2) is 0 Å². The molecule has 78 valence electrons. The van der Waals surface area contributed by atoms with Crippen LogP contribution in [0.2, 0.25) is 0 Å². The molecular weight excluding hydrogens is 162 g/mol. The fraction of sp³-hybridized carbons (Fsp3) is 1.00. The third-order valence-corrected chi connectivity index (χ3v) is 2.66. The maximum atomic E-state index is 5.68. The molecule has 0 aliphatic carbocycles. The van der Waals surface area contributed by atoms with E-state index in [1.54, 1.807) is 0 Å². The lowest BCUT2D eigenvalue weighted by atomic mass is 10.00. The van der Waals surface area contributed by atoms with Crippen LogP contribution >= 0.6 is 0 Å². The summed E-state index contributed by atoms with van der Waals surface area (Å²) in [5, 5.41) is 3.60. The third kappa shape index (κ3) is 4.10. The molecular formula is C11H23NO.